The molecule has 0 bridgehead atoms. The predicted molar refractivity (Wildman–Crippen MR) is 168 cm³/mol. The van der Waals surface area contributed by atoms with Gasteiger partial charge in [-0.1, -0.05) is 36.0 Å². The Labute approximate surface area is 291 Å². The summed E-state index contributed by atoms with van der Waals surface area (Å²) in [5.41, 5.74) is -0.964. The second-order valence-electron chi connectivity index (χ2n) is 12.8. The van der Waals surface area contributed by atoms with Crippen molar-refractivity contribution in [3.63, 3.8) is 0 Å². The second-order valence-corrected chi connectivity index (χ2v) is 14.0. The first-order valence-corrected chi connectivity index (χ1v) is 17.1. The molecule has 1 aliphatic carbocycles. The quantitative estimate of drug-likeness (QED) is 0.0941. The number of hydrogen-bond acceptors (Lipinski definition) is 19. The van der Waals surface area contributed by atoms with Crippen molar-refractivity contribution in [3.05, 3.63) is 42.0 Å². The maximum atomic E-state index is 11.1. The molecule has 19 unspecified atom stereocenters. The molecule has 284 valence electrons. The molecule has 5 rings (SSSR count). The Hall–Kier alpha value is -1.41. The van der Waals surface area contributed by atoms with Crippen LogP contribution in [0.2, 0.25) is 0 Å². The van der Waals surface area contributed by atoms with Crippen LogP contribution in [-0.4, -0.2) is 197 Å². The van der Waals surface area contributed by atoms with Gasteiger partial charge in [-0.15, -0.1) is 0 Å². The second kappa shape index (κ2) is 17.2. The number of benzene rings is 1. The molecule has 4 aliphatic rings. The van der Waals surface area contributed by atoms with Crippen LogP contribution in [0, 0.1) is 0 Å². The number of hydrogen-bond donors (Lipinski definition) is 13. The van der Waals surface area contributed by atoms with Crippen LogP contribution in [0.4, 0.5) is 0 Å². The van der Waals surface area contributed by atoms with E-state index in [0.717, 1.165) is 16.7 Å². The third-order valence-electron chi connectivity index (χ3n) is 9.45. The standard InChI is InChI=1S/C31H47NO17S/c1-11-17(32-14-7-12(8-33)18(36)21(39)19(14)37)20(38)24(42)29(45-11)48-27-15(9-34)46-30(25(43)22(27)40)49-28-16(10-35)47-31(26(44)23(28)41)50-13-5-3-2-4-6-13/h2-7,11,14-44H,8-10H2,1H3. The summed E-state index contributed by atoms with van der Waals surface area (Å²) >= 11 is 1.11. The zero-order valence-corrected chi connectivity index (χ0v) is 27.7. The van der Waals surface area contributed by atoms with Crippen LogP contribution in [0.5, 0.6) is 0 Å². The molecule has 19 heteroatoms. The van der Waals surface area contributed by atoms with E-state index in [4.69, 9.17) is 23.7 Å². The summed E-state index contributed by atoms with van der Waals surface area (Å²) in [4.78, 5) is 0.726. The Kier molecular flexibility index (Phi) is 13.7. The Morgan fingerprint density at radius 2 is 1.22 bits per heavy atom. The van der Waals surface area contributed by atoms with Crippen molar-refractivity contribution in [3.8, 4) is 0 Å². The van der Waals surface area contributed by atoms with Crippen LogP contribution in [-0.2, 0) is 23.7 Å². The number of rotatable bonds is 11. The maximum Gasteiger partial charge on any atom is 0.187 e. The maximum absolute atomic E-state index is 11.1. The molecular formula is C31H47NO17S. The fourth-order valence-corrected chi connectivity index (χ4v) is 7.61. The van der Waals surface area contributed by atoms with Gasteiger partial charge in [-0.3, -0.25) is 0 Å². The summed E-state index contributed by atoms with van der Waals surface area (Å²) in [6.45, 7) is -0.583. The lowest BCUT2D eigenvalue weighted by Crippen LogP contribution is -2.68. The number of nitrogens with one attached hydrogen (secondary N) is 1. The average molecular weight is 738 g/mol. The molecule has 0 amide bonds. The molecule has 50 heavy (non-hydrogen) atoms. The van der Waals surface area contributed by atoms with E-state index in [0.29, 0.717) is 0 Å². The SMILES string of the molecule is CC1OC(OC2C(CO)OC(OC3C(CO)OC(Sc4ccccc4)C(O)C3O)C(O)C2O)C(O)C(O)C1NC1C=C(CO)C(O)C(O)C1O. The van der Waals surface area contributed by atoms with Gasteiger partial charge >= 0.3 is 0 Å². The Balaban J connectivity index is 1.22. The van der Waals surface area contributed by atoms with Crippen molar-refractivity contribution in [1.82, 2.24) is 5.32 Å². The molecule has 1 aromatic rings. The van der Waals surface area contributed by atoms with E-state index in [1.165, 1.54) is 13.0 Å². The zero-order valence-electron chi connectivity index (χ0n) is 26.9. The minimum absolute atomic E-state index is 0.0305. The number of thioether (sulfide) groups is 1. The first kappa shape index (κ1) is 39.8. The van der Waals surface area contributed by atoms with E-state index in [1.807, 2.05) is 0 Å². The molecule has 0 spiro atoms. The van der Waals surface area contributed by atoms with Gasteiger partial charge in [-0.2, -0.15) is 0 Å². The Bertz CT molecular complexity index is 1250. The van der Waals surface area contributed by atoms with Gasteiger partial charge in [0.2, 0.25) is 0 Å². The molecule has 19 atom stereocenters. The van der Waals surface area contributed by atoms with Crippen LogP contribution in [0.3, 0.4) is 0 Å². The van der Waals surface area contributed by atoms with Crippen molar-refractivity contribution in [2.75, 3.05) is 19.8 Å². The van der Waals surface area contributed by atoms with E-state index < -0.39 is 135 Å². The van der Waals surface area contributed by atoms with Crippen molar-refractivity contribution >= 4 is 11.8 Å². The number of ether oxygens (including phenoxy) is 5. The van der Waals surface area contributed by atoms with Gasteiger partial charge in [0.05, 0.1) is 38.0 Å². The molecule has 3 saturated heterocycles. The Morgan fingerprint density at radius 3 is 1.82 bits per heavy atom. The first-order chi connectivity index (χ1) is 23.8. The lowest BCUT2D eigenvalue weighted by molar-refractivity contribution is -0.366. The smallest absolute Gasteiger partial charge is 0.187 e. The highest BCUT2D eigenvalue weighted by Gasteiger charge is 2.53. The number of aliphatic hydroxyl groups excluding tert-OH is 12. The normalized spacial score (nSPS) is 47.1. The fourth-order valence-electron chi connectivity index (χ4n) is 6.53. The van der Waals surface area contributed by atoms with Gasteiger partial charge in [0.25, 0.3) is 0 Å². The highest BCUT2D eigenvalue weighted by Crippen LogP contribution is 2.36. The summed E-state index contributed by atoms with van der Waals surface area (Å²) in [5, 5.41) is 129. The summed E-state index contributed by atoms with van der Waals surface area (Å²) < 4.78 is 28.8. The largest absolute Gasteiger partial charge is 0.394 e. The van der Waals surface area contributed by atoms with Gasteiger partial charge in [0, 0.05) is 4.90 Å². The van der Waals surface area contributed by atoms with Crippen molar-refractivity contribution in [2.45, 2.75) is 127 Å². The van der Waals surface area contributed by atoms with Gasteiger partial charge in [0.1, 0.15) is 84.8 Å². The van der Waals surface area contributed by atoms with Gasteiger partial charge in [-0.05, 0) is 24.6 Å². The predicted octanol–water partition coefficient (Wildman–Crippen LogP) is -5.76. The van der Waals surface area contributed by atoms with E-state index in [2.05, 4.69) is 5.32 Å². The number of aliphatic hydroxyl groups is 12. The van der Waals surface area contributed by atoms with E-state index in [-0.39, 0.29) is 5.57 Å². The molecular weight excluding hydrogens is 690 g/mol. The lowest BCUT2D eigenvalue weighted by Gasteiger charge is -2.49. The van der Waals surface area contributed by atoms with Crippen molar-refractivity contribution in [1.29, 1.82) is 0 Å². The summed E-state index contributed by atoms with van der Waals surface area (Å²) in [6, 6.07) is 6.74. The monoisotopic (exact) mass is 737 g/mol. The van der Waals surface area contributed by atoms with Crippen LogP contribution < -0.4 is 5.32 Å². The average Bonchev–Trinajstić information content (AvgIpc) is 3.11. The Morgan fingerprint density at radius 1 is 0.660 bits per heavy atom. The third kappa shape index (κ3) is 8.21. The summed E-state index contributed by atoms with van der Waals surface area (Å²) in [6.07, 6.45) is -23.7. The zero-order chi connectivity index (χ0) is 36.4. The molecule has 13 N–H and O–H groups in total. The minimum atomic E-state index is -1.90. The molecule has 0 radical (unpaired) electrons. The van der Waals surface area contributed by atoms with E-state index >= 15 is 0 Å². The van der Waals surface area contributed by atoms with Crippen LogP contribution in [0.1, 0.15) is 6.92 Å². The van der Waals surface area contributed by atoms with Crippen LogP contribution >= 0.6 is 11.8 Å². The van der Waals surface area contributed by atoms with E-state index in [1.54, 1.807) is 30.3 Å². The first-order valence-electron chi connectivity index (χ1n) is 16.2. The molecule has 0 saturated carbocycles. The van der Waals surface area contributed by atoms with E-state index in [9.17, 15) is 61.3 Å². The van der Waals surface area contributed by atoms with Gasteiger partial charge in [-0.25, -0.2) is 0 Å². The van der Waals surface area contributed by atoms with Gasteiger partial charge in [0.15, 0.2) is 12.6 Å². The summed E-state index contributed by atoms with van der Waals surface area (Å²) in [7, 11) is 0. The highest BCUT2D eigenvalue weighted by molar-refractivity contribution is 7.99. The minimum Gasteiger partial charge on any atom is -0.394 e. The topological polar surface area (TPSA) is 301 Å². The van der Waals surface area contributed by atoms with Crippen molar-refractivity contribution < 1.29 is 85.0 Å². The molecule has 3 heterocycles. The summed E-state index contributed by atoms with van der Waals surface area (Å²) in [5.74, 6) is 0. The lowest BCUT2D eigenvalue weighted by atomic mass is 9.86. The van der Waals surface area contributed by atoms with Crippen LogP contribution in [0.25, 0.3) is 0 Å². The van der Waals surface area contributed by atoms with Gasteiger partial charge < -0.3 is 90.3 Å². The molecule has 3 fully saturated rings. The third-order valence-corrected chi connectivity index (χ3v) is 10.6. The van der Waals surface area contributed by atoms with Crippen molar-refractivity contribution in [2.24, 2.45) is 0 Å². The van der Waals surface area contributed by atoms with Crippen LogP contribution in [0.15, 0.2) is 46.9 Å². The molecule has 0 aromatic heterocycles. The highest BCUT2D eigenvalue weighted by atomic mass is 32.2. The molecule has 3 aliphatic heterocycles. The molecule has 18 nitrogen and oxygen atoms in total. The fraction of sp³-hybridized carbons (Fsp3) is 0.742. The molecule has 1 aromatic carbocycles.